The van der Waals surface area contributed by atoms with Gasteiger partial charge in [0.15, 0.2) is 0 Å². The lowest BCUT2D eigenvalue weighted by Gasteiger charge is -2.31. The van der Waals surface area contributed by atoms with Crippen molar-refractivity contribution >= 4 is 11.8 Å². The zero-order valence-corrected chi connectivity index (χ0v) is 10.1. The zero-order valence-electron chi connectivity index (χ0n) is 10.1. The molecule has 90 valence electrons. The minimum Gasteiger partial charge on any atom is -0.394 e. The van der Waals surface area contributed by atoms with Gasteiger partial charge in [-0.3, -0.25) is 0 Å². The van der Waals surface area contributed by atoms with Crippen LogP contribution in [0, 0.1) is 6.92 Å². The third-order valence-electron chi connectivity index (χ3n) is 2.92. The van der Waals surface area contributed by atoms with Crippen LogP contribution < -0.4 is 11.1 Å². The number of hydrogen-bond donors (Lipinski definition) is 3. The van der Waals surface area contributed by atoms with Crippen molar-refractivity contribution in [3.05, 3.63) is 11.8 Å². The highest BCUT2D eigenvalue weighted by atomic mass is 16.3. The number of rotatable bonds is 5. The molecule has 0 amide bonds. The standard InChI is InChI=1S/C11H20N4O/c1-4-11(5-2,7-16)15-9-6-8(3)13-10(12)14-9/h6,16H,4-5,7H2,1-3H3,(H3,12,13,14,15). The molecule has 5 nitrogen and oxygen atoms in total. The van der Waals surface area contributed by atoms with Gasteiger partial charge in [-0.15, -0.1) is 0 Å². The Kier molecular flexibility index (Phi) is 4.06. The van der Waals surface area contributed by atoms with Crippen molar-refractivity contribution in [2.24, 2.45) is 0 Å². The van der Waals surface area contributed by atoms with Crippen molar-refractivity contribution in [2.75, 3.05) is 17.7 Å². The van der Waals surface area contributed by atoms with Crippen molar-refractivity contribution in [1.82, 2.24) is 9.97 Å². The van der Waals surface area contributed by atoms with Crippen molar-refractivity contribution in [2.45, 2.75) is 39.2 Å². The number of aromatic nitrogens is 2. The molecule has 0 aliphatic carbocycles. The molecule has 0 unspecified atom stereocenters. The number of nitrogens with two attached hydrogens (primary N) is 1. The topological polar surface area (TPSA) is 84.1 Å². The van der Waals surface area contributed by atoms with Crippen molar-refractivity contribution in [3.8, 4) is 0 Å². The largest absolute Gasteiger partial charge is 0.394 e. The predicted octanol–water partition coefficient (Wildman–Crippen LogP) is 1.33. The van der Waals surface area contributed by atoms with E-state index in [1.807, 2.05) is 26.8 Å². The molecule has 1 heterocycles. The van der Waals surface area contributed by atoms with Gasteiger partial charge >= 0.3 is 0 Å². The Morgan fingerprint density at radius 3 is 2.44 bits per heavy atom. The molecule has 5 heteroatoms. The Balaban J connectivity index is 2.93. The molecule has 0 saturated heterocycles. The highest BCUT2D eigenvalue weighted by Gasteiger charge is 2.25. The summed E-state index contributed by atoms with van der Waals surface area (Å²) in [6.45, 7) is 6.00. The quantitative estimate of drug-likeness (QED) is 0.702. The monoisotopic (exact) mass is 224 g/mol. The molecule has 0 radical (unpaired) electrons. The SMILES string of the molecule is CCC(CC)(CO)Nc1cc(C)nc(N)n1. The molecule has 16 heavy (non-hydrogen) atoms. The highest BCUT2D eigenvalue weighted by Crippen LogP contribution is 2.21. The van der Waals surface area contributed by atoms with Crippen LogP contribution in [0.3, 0.4) is 0 Å². The summed E-state index contributed by atoms with van der Waals surface area (Å²) >= 11 is 0. The fraction of sp³-hybridized carbons (Fsp3) is 0.636. The van der Waals surface area contributed by atoms with Gasteiger partial charge in [-0.2, -0.15) is 4.98 Å². The molecular weight excluding hydrogens is 204 g/mol. The third kappa shape index (κ3) is 2.82. The second kappa shape index (κ2) is 5.12. The highest BCUT2D eigenvalue weighted by molar-refractivity contribution is 5.42. The second-order valence-corrected chi connectivity index (χ2v) is 4.02. The summed E-state index contributed by atoms with van der Waals surface area (Å²) in [6.07, 6.45) is 1.64. The first-order valence-electron chi connectivity index (χ1n) is 5.55. The average Bonchev–Trinajstić information content (AvgIpc) is 2.25. The number of nitrogens with zero attached hydrogens (tertiary/aromatic N) is 2. The maximum absolute atomic E-state index is 9.44. The lowest BCUT2D eigenvalue weighted by molar-refractivity contribution is 0.202. The van der Waals surface area contributed by atoms with Gasteiger partial charge in [0.1, 0.15) is 5.82 Å². The number of aliphatic hydroxyl groups excluding tert-OH is 1. The molecule has 1 aromatic heterocycles. The summed E-state index contributed by atoms with van der Waals surface area (Å²) in [5.41, 5.74) is 6.07. The van der Waals surface area contributed by atoms with Crippen LogP contribution in [0.2, 0.25) is 0 Å². The lowest BCUT2D eigenvalue weighted by Crippen LogP contribution is -2.41. The van der Waals surface area contributed by atoms with E-state index in [1.54, 1.807) is 0 Å². The molecule has 0 atom stereocenters. The van der Waals surface area contributed by atoms with Gasteiger partial charge in [-0.05, 0) is 19.8 Å². The van der Waals surface area contributed by atoms with Gasteiger partial charge in [-0.1, -0.05) is 13.8 Å². The Labute approximate surface area is 96.1 Å². The molecule has 0 aliphatic rings. The summed E-state index contributed by atoms with van der Waals surface area (Å²) in [5.74, 6) is 0.921. The number of anilines is 2. The minimum absolute atomic E-state index is 0.0724. The zero-order chi connectivity index (χ0) is 12.2. The van der Waals surface area contributed by atoms with Gasteiger partial charge in [0.25, 0.3) is 0 Å². The van der Waals surface area contributed by atoms with E-state index in [1.165, 1.54) is 0 Å². The molecule has 1 rings (SSSR count). The van der Waals surface area contributed by atoms with Gasteiger partial charge in [0.2, 0.25) is 5.95 Å². The summed E-state index contributed by atoms with van der Waals surface area (Å²) in [7, 11) is 0. The first kappa shape index (κ1) is 12.7. The Morgan fingerprint density at radius 2 is 2.00 bits per heavy atom. The van der Waals surface area contributed by atoms with Gasteiger partial charge in [-0.25, -0.2) is 4.98 Å². The molecule has 0 aromatic carbocycles. The summed E-state index contributed by atoms with van der Waals surface area (Å²) in [5, 5.41) is 12.7. The molecule has 0 saturated carbocycles. The summed E-state index contributed by atoms with van der Waals surface area (Å²) in [4.78, 5) is 8.11. The molecular formula is C11H20N4O. The van der Waals surface area contributed by atoms with Crippen LogP contribution in [0.15, 0.2) is 6.07 Å². The van der Waals surface area contributed by atoms with E-state index >= 15 is 0 Å². The van der Waals surface area contributed by atoms with Crippen molar-refractivity contribution in [3.63, 3.8) is 0 Å². The van der Waals surface area contributed by atoms with Crippen molar-refractivity contribution in [1.29, 1.82) is 0 Å². The van der Waals surface area contributed by atoms with E-state index in [9.17, 15) is 5.11 Å². The van der Waals surface area contributed by atoms with Crippen LogP contribution in [0.25, 0.3) is 0 Å². The smallest absolute Gasteiger partial charge is 0.222 e. The number of hydrogen-bond acceptors (Lipinski definition) is 5. The van der Waals surface area contributed by atoms with Crippen LogP contribution in [0.4, 0.5) is 11.8 Å². The van der Waals surface area contributed by atoms with E-state index in [0.717, 1.165) is 18.5 Å². The summed E-state index contributed by atoms with van der Waals surface area (Å²) in [6, 6.07) is 1.83. The fourth-order valence-electron chi connectivity index (χ4n) is 1.62. The number of nitrogens with one attached hydrogen (secondary N) is 1. The van der Waals surface area contributed by atoms with Crippen LogP contribution in [0.1, 0.15) is 32.4 Å². The van der Waals surface area contributed by atoms with Crippen LogP contribution >= 0.6 is 0 Å². The van der Waals surface area contributed by atoms with E-state index < -0.39 is 0 Å². The first-order chi connectivity index (χ1) is 7.55. The Bertz CT molecular complexity index is 321. The minimum atomic E-state index is -0.326. The number of aliphatic hydroxyl groups is 1. The molecule has 0 bridgehead atoms. The van der Waals surface area contributed by atoms with Crippen LogP contribution in [-0.2, 0) is 0 Å². The third-order valence-corrected chi connectivity index (χ3v) is 2.92. The molecule has 1 aromatic rings. The van der Waals surface area contributed by atoms with E-state index in [2.05, 4.69) is 15.3 Å². The maximum atomic E-state index is 9.44. The lowest BCUT2D eigenvalue weighted by atomic mass is 9.94. The predicted molar refractivity (Wildman–Crippen MR) is 65.2 cm³/mol. The van der Waals surface area contributed by atoms with E-state index in [-0.39, 0.29) is 18.1 Å². The first-order valence-corrected chi connectivity index (χ1v) is 5.55. The van der Waals surface area contributed by atoms with Crippen LogP contribution in [-0.4, -0.2) is 27.2 Å². The normalized spacial score (nSPS) is 11.5. The molecule has 0 fully saturated rings. The van der Waals surface area contributed by atoms with Gasteiger partial charge in [0.05, 0.1) is 12.1 Å². The Morgan fingerprint density at radius 1 is 1.38 bits per heavy atom. The molecule has 0 aliphatic heterocycles. The van der Waals surface area contributed by atoms with E-state index in [0.29, 0.717) is 5.82 Å². The van der Waals surface area contributed by atoms with Crippen LogP contribution in [0.5, 0.6) is 0 Å². The Hall–Kier alpha value is -1.36. The van der Waals surface area contributed by atoms with E-state index in [4.69, 9.17) is 5.73 Å². The number of aryl methyl sites for hydroxylation is 1. The molecule has 4 N–H and O–H groups in total. The summed E-state index contributed by atoms with van der Waals surface area (Å²) < 4.78 is 0. The number of nitrogen functional groups attached to an aromatic ring is 1. The van der Waals surface area contributed by atoms with Gasteiger partial charge < -0.3 is 16.2 Å². The average molecular weight is 224 g/mol. The fourth-order valence-corrected chi connectivity index (χ4v) is 1.62. The second-order valence-electron chi connectivity index (χ2n) is 4.02. The van der Waals surface area contributed by atoms with Gasteiger partial charge in [0, 0.05) is 11.8 Å². The maximum Gasteiger partial charge on any atom is 0.222 e. The van der Waals surface area contributed by atoms with Crippen molar-refractivity contribution < 1.29 is 5.11 Å². The molecule has 0 spiro atoms.